The zero-order valence-corrected chi connectivity index (χ0v) is 12.3. The Balaban J connectivity index is 1.73. The number of hydrogen-bond acceptors (Lipinski definition) is 1. The van der Waals surface area contributed by atoms with Crippen LogP contribution in [0.15, 0.2) is 48.5 Å². The van der Waals surface area contributed by atoms with E-state index in [4.69, 9.17) is 0 Å². The van der Waals surface area contributed by atoms with Crippen molar-refractivity contribution in [2.45, 2.75) is 19.3 Å². The zero-order valence-electron chi connectivity index (χ0n) is 12.3. The molecule has 3 rings (SSSR count). The molecule has 0 aliphatic heterocycles. The van der Waals surface area contributed by atoms with E-state index < -0.39 is 0 Å². The predicted octanol–water partition coefficient (Wildman–Crippen LogP) is 4.12. The van der Waals surface area contributed by atoms with Gasteiger partial charge in [0, 0.05) is 18.2 Å². The summed E-state index contributed by atoms with van der Waals surface area (Å²) in [7, 11) is 0. The Labute approximate surface area is 128 Å². The molecule has 0 radical (unpaired) electrons. The molecule has 114 valence electrons. The van der Waals surface area contributed by atoms with Gasteiger partial charge in [-0.15, -0.1) is 0 Å². The van der Waals surface area contributed by atoms with Gasteiger partial charge < -0.3 is 4.90 Å². The van der Waals surface area contributed by atoms with Crippen LogP contribution in [0.25, 0.3) is 0 Å². The molecule has 1 fully saturated rings. The Morgan fingerprint density at radius 2 is 1.59 bits per heavy atom. The van der Waals surface area contributed by atoms with Gasteiger partial charge in [0.15, 0.2) is 0 Å². The molecule has 2 aromatic carbocycles. The van der Waals surface area contributed by atoms with Crippen LogP contribution in [0.4, 0.5) is 14.5 Å². The molecule has 1 aliphatic carbocycles. The highest BCUT2D eigenvalue weighted by atomic mass is 19.1. The minimum absolute atomic E-state index is 0.0448. The number of rotatable bonds is 4. The van der Waals surface area contributed by atoms with Crippen molar-refractivity contribution in [3.8, 4) is 0 Å². The van der Waals surface area contributed by atoms with Crippen LogP contribution in [-0.4, -0.2) is 12.5 Å². The van der Waals surface area contributed by atoms with E-state index in [-0.39, 0.29) is 29.4 Å². The topological polar surface area (TPSA) is 20.3 Å². The monoisotopic (exact) mass is 301 g/mol. The second-order valence-electron chi connectivity index (χ2n) is 5.56. The normalized spacial score (nSPS) is 19.8. The van der Waals surface area contributed by atoms with E-state index in [0.717, 1.165) is 12.0 Å². The highest BCUT2D eigenvalue weighted by Crippen LogP contribution is 2.48. The van der Waals surface area contributed by atoms with Crippen molar-refractivity contribution in [3.05, 3.63) is 65.7 Å². The molecule has 1 saturated carbocycles. The van der Waals surface area contributed by atoms with Gasteiger partial charge in [-0.2, -0.15) is 0 Å². The Morgan fingerprint density at radius 3 is 2.14 bits per heavy atom. The van der Waals surface area contributed by atoms with Crippen LogP contribution in [0.5, 0.6) is 0 Å². The van der Waals surface area contributed by atoms with Crippen LogP contribution in [0, 0.1) is 17.6 Å². The zero-order chi connectivity index (χ0) is 15.7. The Kier molecular flexibility index (Phi) is 3.92. The van der Waals surface area contributed by atoms with E-state index >= 15 is 0 Å². The van der Waals surface area contributed by atoms with Gasteiger partial charge in [0.25, 0.3) is 0 Å². The molecule has 2 nitrogen and oxygen atoms in total. The van der Waals surface area contributed by atoms with Crippen LogP contribution >= 0.6 is 0 Å². The number of benzene rings is 2. The van der Waals surface area contributed by atoms with E-state index in [1.807, 2.05) is 6.92 Å². The smallest absolute Gasteiger partial charge is 0.230 e. The van der Waals surface area contributed by atoms with Crippen LogP contribution in [0.1, 0.15) is 24.8 Å². The lowest BCUT2D eigenvalue weighted by molar-refractivity contribution is -0.119. The van der Waals surface area contributed by atoms with Crippen molar-refractivity contribution in [2.75, 3.05) is 11.4 Å². The average Bonchev–Trinajstić information content (AvgIpc) is 3.31. The molecule has 0 bridgehead atoms. The first kappa shape index (κ1) is 14.7. The third-order valence-electron chi connectivity index (χ3n) is 4.13. The lowest BCUT2D eigenvalue weighted by atomic mass is 10.1. The summed E-state index contributed by atoms with van der Waals surface area (Å²) < 4.78 is 26.0. The molecule has 2 atom stereocenters. The van der Waals surface area contributed by atoms with E-state index in [1.54, 1.807) is 29.2 Å². The van der Waals surface area contributed by atoms with Crippen LogP contribution in [0.3, 0.4) is 0 Å². The fourth-order valence-corrected chi connectivity index (χ4v) is 2.83. The third-order valence-corrected chi connectivity index (χ3v) is 4.13. The van der Waals surface area contributed by atoms with Gasteiger partial charge in [-0.25, -0.2) is 8.78 Å². The number of carbonyl (C=O) groups is 1. The standard InChI is InChI=1S/C18H17F2NO/c1-2-21(15-9-7-14(20)8-10-15)18(22)17-11-16(17)12-3-5-13(19)6-4-12/h3-10,16-17H,2,11H2,1H3. The molecule has 0 aromatic heterocycles. The average molecular weight is 301 g/mol. The minimum Gasteiger partial charge on any atom is -0.312 e. The maximum atomic E-state index is 13.0. The van der Waals surface area contributed by atoms with Gasteiger partial charge in [-0.3, -0.25) is 4.79 Å². The molecule has 22 heavy (non-hydrogen) atoms. The molecule has 0 spiro atoms. The fraction of sp³-hybridized carbons (Fsp3) is 0.278. The van der Waals surface area contributed by atoms with Crippen LogP contribution in [-0.2, 0) is 4.79 Å². The summed E-state index contributed by atoms with van der Waals surface area (Å²) in [5, 5.41) is 0. The third kappa shape index (κ3) is 2.86. The molecule has 2 unspecified atom stereocenters. The Hall–Kier alpha value is -2.23. The van der Waals surface area contributed by atoms with Crippen molar-refractivity contribution in [1.29, 1.82) is 0 Å². The van der Waals surface area contributed by atoms with E-state index in [1.165, 1.54) is 24.3 Å². The van der Waals surface area contributed by atoms with Crippen molar-refractivity contribution >= 4 is 11.6 Å². The number of hydrogen-bond donors (Lipinski definition) is 0. The Bertz CT molecular complexity index is 666. The minimum atomic E-state index is -0.317. The molecule has 4 heteroatoms. The summed E-state index contributed by atoms with van der Waals surface area (Å²) in [4.78, 5) is 14.3. The molecule has 0 N–H and O–H groups in total. The highest BCUT2D eigenvalue weighted by molar-refractivity contribution is 5.97. The van der Waals surface area contributed by atoms with Crippen molar-refractivity contribution in [1.82, 2.24) is 0 Å². The van der Waals surface area contributed by atoms with Crippen molar-refractivity contribution in [2.24, 2.45) is 5.92 Å². The second-order valence-corrected chi connectivity index (χ2v) is 5.56. The Morgan fingerprint density at radius 1 is 1.05 bits per heavy atom. The molecule has 2 aromatic rings. The summed E-state index contributed by atoms with van der Waals surface area (Å²) in [6.45, 7) is 2.44. The number of nitrogens with zero attached hydrogens (tertiary/aromatic N) is 1. The van der Waals surface area contributed by atoms with Crippen molar-refractivity contribution < 1.29 is 13.6 Å². The molecular formula is C18H17F2NO. The summed E-state index contributed by atoms with van der Waals surface area (Å²) in [5.41, 5.74) is 1.70. The first-order valence-corrected chi connectivity index (χ1v) is 7.42. The maximum absolute atomic E-state index is 13.0. The van der Waals surface area contributed by atoms with Crippen LogP contribution in [0.2, 0.25) is 0 Å². The molecular weight excluding hydrogens is 284 g/mol. The quantitative estimate of drug-likeness (QED) is 0.832. The van der Waals surface area contributed by atoms with Gasteiger partial charge in [-0.1, -0.05) is 12.1 Å². The van der Waals surface area contributed by atoms with Gasteiger partial charge in [0.2, 0.25) is 5.91 Å². The van der Waals surface area contributed by atoms with Gasteiger partial charge >= 0.3 is 0 Å². The molecule has 1 amide bonds. The second kappa shape index (κ2) is 5.87. The highest BCUT2D eigenvalue weighted by Gasteiger charge is 2.45. The molecule has 0 saturated heterocycles. The van der Waals surface area contributed by atoms with Crippen molar-refractivity contribution in [3.63, 3.8) is 0 Å². The lowest BCUT2D eigenvalue weighted by Gasteiger charge is -2.21. The van der Waals surface area contributed by atoms with E-state index in [2.05, 4.69) is 0 Å². The number of halogens is 2. The summed E-state index contributed by atoms with van der Waals surface area (Å²) >= 11 is 0. The van der Waals surface area contributed by atoms with Gasteiger partial charge in [0.1, 0.15) is 11.6 Å². The maximum Gasteiger partial charge on any atom is 0.230 e. The summed E-state index contributed by atoms with van der Waals surface area (Å²) in [6.07, 6.45) is 0.780. The van der Waals surface area contributed by atoms with Gasteiger partial charge in [-0.05, 0) is 61.2 Å². The SMILES string of the molecule is CCN(C(=O)C1CC1c1ccc(F)cc1)c1ccc(F)cc1. The first-order valence-electron chi connectivity index (χ1n) is 7.42. The summed E-state index contributed by atoms with van der Waals surface area (Å²) in [6, 6.07) is 12.3. The summed E-state index contributed by atoms with van der Waals surface area (Å²) in [5.74, 6) is -0.460. The number of carbonyl (C=O) groups excluding carboxylic acids is 1. The largest absolute Gasteiger partial charge is 0.312 e. The molecule has 1 aliphatic rings. The van der Waals surface area contributed by atoms with E-state index in [9.17, 15) is 13.6 Å². The van der Waals surface area contributed by atoms with Gasteiger partial charge in [0.05, 0.1) is 0 Å². The molecule has 0 heterocycles. The first-order chi connectivity index (χ1) is 10.6. The predicted molar refractivity (Wildman–Crippen MR) is 81.7 cm³/mol. The van der Waals surface area contributed by atoms with Crippen LogP contribution < -0.4 is 4.90 Å². The number of anilines is 1. The number of amides is 1. The van der Waals surface area contributed by atoms with E-state index in [0.29, 0.717) is 12.2 Å². The fourth-order valence-electron chi connectivity index (χ4n) is 2.83. The lowest BCUT2D eigenvalue weighted by Crippen LogP contribution is -2.32.